The summed E-state index contributed by atoms with van der Waals surface area (Å²) in [5.41, 5.74) is 3.28. The minimum absolute atomic E-state index is 0.0378. The lowest BCUT2D eigenvalue weighted by molar-refractivity contribution is -0.935. The highest BCUT2D eigenvalue weighted by atomic mass is 16.5. The standard InChI is InChI=1S/C21H29NO/c1-20(2,3)19-15-17(16-9-5-4-6-10-16)18-11-7-8-12-21(18)22(19)13-14-23-21/h4-6,9-10,15,17-18H,7-8,11-14H2,1-3H3/p+1/t17-,18-,21-/m0/s1. The van der Waals surface area contributed by atoms with Crippen molar-refractivity contribution in [1.29, 1.82) is 0 Å². The molecule has 1 N–H and O–H groups in total. The van der Waals surface area contributed by atoms with Gasteiger partial charge in [0, 0.05) is 17.8 Å². The monoisotopic (exact) mass is 312 g/mol. The zero-order chi connectivity index (χ0) is 16.1. The van der Waals surface area contributed by atoms with E-state index in [0.29, 0.717) is 11.8 Å². The second-order valence-electron chi connectivity index (χ2n) is 8.59. The Morgan fingerprint density at radius 3 is 2.65 bits per heavy atom. The maximum absolute atomic E-state index is 6.55. The van der Waals surface area contributed by atoms with Gasteiger partial charge < -0.3 is 4.74 Å². The molecule has 4 atom stereocenters. The number of ether oxygens (including phenoxy) is 1. The molecule has 1 saturated heterocycles. The quantitative estimate of drug-likeness (QED) is 0.838. The molecule has 0 bridgehead atoms. The summed E-state index contributed by atoms with van der Waals surface area (Å²) in [7, 11) is 0. The average Bonchev–Trinajstić information content (AvgIpc) is 2.96. The first-order valence-corrected chi connectivity index (χ1v) is 9.30. The SMILES string of the molecule is CC(C)(C)C1=C[C@@H](c2ccccc2)[C@@H]2CCCC[C@]23OCC[NH+]13. The molecular weight excluding hydrogens is 282 g/mol. The highest BCUT2D eigenvalue weighted by Crippen LogP contribution is 2.47. The van der Waals surface area contributed by atoms with E-state index in [1.54, 1.807) is 10.6 Å². The lowest BCUT2D eigenvalue weighted by Gasteiger charge is -2.50. The minimum atomic E-state index is 0.0378. The van der Waals surface area contributed by atoms with Crippen molar-refractivity contribution in [2.24, 2.45) is 11.3 Å². The van der Waals surface area contributed by atoms with Gasteiger partial charge in [0.25, 0.3) is 0 Å². The van der Waals surface area contributed by atoms with Crippen LogP contribution >= 0.6 is 0 Å². The van der Waals surface area contributed by atoms with Crippen LogP contribution in [0.1, 0.15) is 57.9 Å². The topological polar surface area (TPSA) is 13.7 Å². The normalized spacial score (nSPS) is 37.0. The van der Waals surface area contributed by atoms with Gasteiger partial charge in [0.1, 0.15) is 18.8 Å². The second kappa shape index (κ2) is 5.46. The Morgan fingerprint density at radius 2 is 1.91 bits per heavy atom. The molecule has 2 aliphatic heterocycles. The number of allylic oxidation sites excluding steroid dienone is 2. The summed E-state index contributed by atoms with van der Waals surface area (Å²) in [6.45, 7) is 9.15. The molecule has 2 nitrogen and oxygen atoms in total. The molecule has 1 aromatic rings. The van der Waals surface area contributed by atoms with Crippen LogP contribution in [0.15, 0.2) is 42.1 Å². The van der Waals surface area contributed by atoms with Gasteiger partial charge in [-0.15, -0.1) is 0 Å². The molecule has 2 fully saturated rings. The molecule has 1 aromatic carbocycles. The van der Waals surface area contributed by atoms with Gasteiger partial charge in [-0.3, -0.25) is 4.90 Å². The van der Waals surface area contributed by atoms with Gasteiger partial charge in [-0.1, -0.05) is 57.5 Å². The molecule has 1 aliphatic carbocycles. The van der Waals surface area contributed by atoms with Crippen LogP contribution in [0.2, 0.25) is 0 Å². The summed E-state index contributed by atoms with van der Waals surface area (Å²) >= 11 is 0. The number of hydrogen-bond acceptors (Lipinski definition) is 1. The largest absolute Gasteiger partial charge is 0.320 e. The summed E-state index contributed by atoms with van der Waals surface area (Å²) in [4.78, 5) is 1.64. The van der Waals surface area contributed by atoms with Crippen LogP contribution in [0.4, 0.5) is 0 Å². The van der Waals surface area contributed by atoms with Crippen LogP contribution in [0.3, 0.4) is 0 Å². The van der Waals surface area contributed by atoms with E-state index in [1.807, 2.05) is 0 Å². The Balaban J connectivity index is 1.86. The molecule has 2 heterocycles. The summed E-state index contributed by atoms with van der Waals surface area (Å²) < 4.78 is 6.55. The van der Waals surface area contributed by atoms with Crippen molar-refractivity contribution >= 4 is 0 Å². The third-order valence-corrected chi connectivity index (χ3v) is 6.23. The van der Waals surface area contributed by atoms with Crippen LogP contribution in [-0.2, 0) is 4.74 Å². The summed E-state index contributed by atoms with van der Waals surface area (Å²) in [6.07, 6.45) is 7.80. The molecule has 0 aromatic heterocycles. The molecule has 0 amide bonds. The Bertz CT molecular complexity index is 600. The molecule has 23 heavy (non-hydrogen) atoms. The zero-order valence-electron chi connectivity index (χ0n) is 14.8. The summed E-state index contributed by atoms with van der Waals surface area (Å²) in [6, 6.07) is 11.1. The van der Waals surface area contributed by atoms with Crippen LogP contribution in [0.25, 0.3) is 0 Å². The van der Waals surface area contributed by atoms with Gasteiger partial charge in [0.05, 0.1) is 5.92 Å². The second-order valence-corrected chi connectivity index (χ2v) is 8.59. The first-order chi connectivity index (χ1) is 11.0. The molecule has 1 spiro atoms. The van der Waals surface area contributed by atoms with E-state index in [1.165, 1.54) is 31.2 Å². The summed E-state index contributed by atoms with van der Waals surface area (Å²) in [5.74, 6) is 1.13. The smallest absolute Gasteiger partial charge is 0.210 e. The Hall–Kier alpha value is -1.12. The lowest BCUT2D eigenvalue weighted by Crippen LogP contribution is -3.19. The van der Waals surface area contributed by atoms with E-state index in [-0.39, 0.29) is 11.1 Å². The molecule has 1 saturated carbocycles. The molecule has 1 unspecified atom stereocenters. The van der Waals surface area contributed by atoms with E-state index >= 15 is 0 Å². The predicted octanol–water partition coefficient (Wildman–Crippen LogP) is 3.52. The van der Waals surface area contributed by atoms with Gasteiger partial charge in [-0.25, -0.2) is 0 Å². The number of rotatable bonds is 1. The minimum Gasteiger partial charge on any atom is -0.320 e. The first-order valence-electron chi connectivity index (χ1n) is 9.30. The van der Waals surface area contributed by atoms with Crippen molar-refractivity contribution in [2.75, 3.05) is 13.2 Å². The van der Waals surface area contributed by atoms with E-state index in [2.05, 4.69) is 57.2 Å². The van der Waals surface area contributed by atoms with Crippen molar-refractivity contribution in [3.05, 3.63) is 47.7 Å². The Kier molecular flexibility index (Phi) is 3.66. The van der Waals surface area contributed by atoms with Crippen molar-refractivity contribution in [3.8, 4) is 0 Å². The zero-order valence-corrected chi connectivity index (χ0v) is 14.8. The molecule has 3 aliphatic rings. The first kappa shape index (κ1) is 15.4. The number of hydrogen-bond donors (Lipinski definition) is 1. The molecule has 2 heteroatoms. The Morgan fingerprint density at radius 1 is 1.13 bits per heavy atom. The number of nitrogens with one attached hydrogen (secondary N) is 1. The lowest BCUT2D eigenvalue weighted by atomic mass is 9.66. The van der Waals surface area contributed by atoms with E-state index < -0.39 is 0 Å². The van der Waals surface area contributed by atoms with Crippen LogP contribution in [0.5, 0.6) is 0 Å². The fraction of sp³-hybridized carbons (Fsp3) is 0.619. The molecule has 0 radical (unpaired) electrons. The average molecular weight is 312 g/mol. The van der Waals surface area contributed by atoms with Gasteiger partial charge in [0.2, 0.25) is 5.72 Å². The maximum atomic E-state index is 6.55. The fourth-order valence-corrected chi connectivity index (χ4v) is 5.29. The van der Waals surface area contributed by atoms with E-state index in [0.717, 1.165) is 13.2 Å². The van der Waals surface area contributed by atoms with E-state index in [4.69, 9.17) is 4.74 Å². The number of quaternary nitrogens is 1. The Labute approximate surface area is 140 Å². The van der Waals surface area contributed by atoms with Crippen molar-refractivity contribution in [1.82, 2.24) is 0 Å². The van der Waals surface area contributed by atoms with Crippen molar-refractivity contribution in [3.63, 3.8) is 0 Å². The third-order valence-electron chi connectivity index (χ3n) is 6.23. The highest BCUT2D eigenvalue weighted by molar-refractivity contribution is 5.29. The van der Waals surface area contributed by atoms with Crippen molar-refractivity contribution < 1.29 is 9.64 Å². The molecule has 4 rings (SSSR count). The summed E-state index contributed by atoms with van der Waals surface area (Å²) in [5, 5.41) is 0. The van der Waals surface area contributed by atoms with Crippen LogP contribution in [0, 0.1) is 11.3 Å². The predicted molar refractivity (Wildman–Crippen MR) is 93.2 cm³/mol. The van der Waals surface area contributed by atoms with Gasteiger partial charge in [-0.2, -0.15) is 0 Å². The van der Waals surface area contributed by atoms with Gasteiger partial charge in [-0.05, 0) is 24.5 Å². The van der Waals surface area contributed by atoms with Crippen LogP contribution < -0.4 is 4.90 Å². The molecular formula is C21H30NO+. The van der Waals surface area contributed by atoms with E-state index in [9.17, 15) is 0 Å². The van der Waals surface area contributed by atoms with Crippen molar-refractivity contribution in [2.45, 2.75) is 58.1 Å². The van der Waals surface area contributed by atoms with Crippen LogP contribution in [-0.4, -0.2) is 18.9 Å². The maximum Gasteiger partial charge on any atom is 0.210 e. The molecule has 124 valence electrons. The number of benzene rings is 1. The third kappa shape index (κ3) is 2.38. The van der Waals surface area contributed by atoms with Gasteiger partial charge in [0.15, 0.2) is 0 Å². The van der Waals surface area contributed by atoms with Gasteiger partial charge >= 0.3 is 0 Å². The highest BCUT2D eigenvalue weighted by Gasteiger charge is 2.60. The fourth-order valence-electron chi connectivity index (χ4n) is 5.29.